The van der Waals surface area contributed by atoms with Gasteiger partial charge >= 0.3 is 0 Å². The first-order valence-electron chi connectivity index (χ1n) is 6.37. The lowest BCUT2D eigenvalue weighted by molar-refractivity contribution is 0.411. The fourth-order valence-corrected chi connectivity index (χ4v) is 1.69. The summed E-state index contributed by atoms with van der Waals surface area (Å²) in [5.41, 5.74) is 0.249. The largest absolute Gasteiger partial charge is 0.421 e. The highest BCUT2D eigenvalue weighted by Gasteiger charge is 2.12. The van der Waals surface area contributed by atoms with Gasteiger partial charge in [0.25, 0.3) is 0 Å². The molecule has 0 fully saturated rings. The van der Waals surface area contributed by atoms with E-state index in [-0.39, 0.29) is 17.0 Å². The van der Waals surface area contributed by atoms with Gasteiger partial charge in [0.05, 0.1) is 0 Å². The van der Waals surface area contributed by atoms with E-state index in [1.165, 1.54) is 0 Å². The average Bonchev–Trinajstić information content (AvgIpc) is 2.74. The monoisotopic (exact) mass is 281 g/mol. The Morgan fingerprint density at radius 1 is 1.10 bits per heavy atom. The lowest BCUT2D eigenvalue weighted by Gasteiger charge is -2.19. The van der Waals surface area contributed by atoms with E-state index in [9.17, 15) is 8.78 Å². The molecule has 1 heterocycles. The Kier molecular flexibility index (Phi) is 4.13. The summed E-state index contributed by atoms with van der Waals surface area (Å²) < 4.78 is 31.6. The van der Waals surface area contributed by atoms with Crippen LogP contribution in [0.5, 0.6) is 0 Å². The second-order valence-corrected chi connectivity index (χ2v) is 5.59. The zero-order chi connectivity index (χ0) is 14.8. The Labute approximate surface area is 116 Å². The van der Waals surface area contributed by atoms with Crippen molar-refractivity contribution in [1.82, 2.24) is 15.5 Å². The molecule has 108 valence electrons. The van der Waals surface area contributed by atoms with Crippen LogP contribution in [0, 0.1) is 11.6 Å². The number of halogens is 2. The van der Waals surface area contributed by atoms with Gasteiger partial charge in [-0.15, -0.1) is 10.2 Å². The Morgan fingerprint density at radius 2 is 1.75 bits per heavy atom. The predicted molar refractivity (Wildman–Crippen MR) is 71.1 cm³/mol. The van der Waals surface area contributed by atoms with Crippen LogP contribution in [0.25, 0.3) is 11.5 Å². The topological polar surface area (TPSA) is 51.0 Å². The third-order valence-electron chi connectivity index (χ3n) is 2.57. The molecule has 0 saturated heterocycles. The molecule has 1 aromatic heterocycles. The van der Waals surface area contributed by atoms with Crippen LogP contribution in [-0.4, -0.2) is 22.3 Å². The van der Waals surface area contributed by atoms with E-state index >= 15 is 0 Å². The van der Waals surface area contributed by atoms with Gasteiger partial charge in [-0.2, -0.15) is 0 Å². The normalized spacial score (nSPS) is 11.8. The summed E-state index contributed by atoms with van der Waals surface area (Å²) in [7, 11) is 0. The van der Waals surface area contributed by atoms with Crippen molar-refractivity contribution in [2.45, 2.75) is 32.7 Å². The highest BCUT2D eigenvalue weighted by molar-refractivity contribution is 5.52. The standard InChI is InChI=1S/C14H17F2N3O/c1-14(2,3)17-5-4-12-18-19-13(20-12)9-6-10(15)8-11(16)7-9/h6-8,17H,4-5H2,1-3H3. The lowest BCUT2D eigenvalue weighted by atomic mass is 10.1. The maximum Gasteiger partial charge on any atom is 0.247 e. The molecule has 0 amide bonds. The molecule has 20 heavy (non-hydrogen) atoms. The Balaban J connectivity index is 2.05. The van der Waals surface area contributed by atoms with E-state index in [2.05, 4.69) is 36.3 Å². The number of nitrogens with zero attached hydrogens (tertiary/aromatic N) is 2. The van der Waals surface area contributed by atoms with Crippen molar-refractivity contribution in [3.63, 3.8) is 0 Å². The van der Waals surface area contributed by atoms with Crippen LogP contribution in [0.1, 0.15) is 26.7 Å². The zero-order valence-electron chi connectivity index (χ0n) is 11.7. The van der Waals surface area contributed by atoms with Gasteiger partial charge in [-0.05, 0) is 32.9 Å². The van der Waals surface area contributed by atoms with E-state index in [0.717, 1.165) is 18.2 Å². The van der Waals surface area contributed by atoms with Crippen molar-refractivity contribution in [1.29, 1.82) is 0 Å². The SMILES string of the molecule is CC(C)(C)NCCc1nnc(-c2cc(F)cc(F)c2)o1. The molecule has 6 heteroatoms. The highest BCUT2D eigenvalue weighted by atomic mass is 19.1. The maximum atomic E-state index is 13.1. The number of aromatic nitrogens is 2. The fourth-order valence-electron chi connectivity index (χ4n) is 1.69. The van der Waals surface area contributed by atoms with Crippen molar-refractivity contribution in [3.8, 4) is 11.5 Å². The number of nitrogens with one attached hydrogen (secondary N) is 1. The molecule has 0 atom stereocenters. The van der Waals surface area contributed by atoms with Crippen molar-refractivity contribution in [2.75, 3.05) is 6.54 Å². The van der Waals surface area contributed by atoms with Gasteiger partial charge in [-0.1, -0.05) is 0 Å². The van der Waals surface area contributed by atoms with Crippen LogP contribution in [0.4, 0.5) is 8.78 Å². The summed E-state index contributed by atoms with van der Waals surface area (Å²) in [5, 5.41) is 11.0. The molecule has 4 nitrogen and oxygen atoms in total. The molecule has 0 unspecified atom stereocenters. The van der Waals surface area contributed by atoms with Crippen molar-refractivity contribution < 1.29 is 13.2 Å². The predicted octanol–water partition coefficient (Wildman–Crippen LogP) is 2.95. The highest BCUT2D eigenvalue weighted by Crippen LogP contribution is 2.20. The molecule has 0 saturated carbocycles. The first-order chi connectivity index (χ1) is 9.33. The van der Waals surface area contributed by atoms with Crippen LogP contribution in [-0.2, 0) is 6.42 Å². The minimum atomic E-state index is -0.672. The van der Waals surface area contributed by atoms with E-state index in [0.29, 0.717) is 18.9 Å². The summed E-state index contributed by atoms with van der Waals surface area (Å²) in [6, 6.07) is 3.12. The fraction of sp³-hybridized carbons (Fsp3) is 0.429. The van der Waals surface area contributed by atoms with Gasteiger partial charge in [-0.3, -0.25) is 0 Å². The van der Waals surface area contributed by atoms with Crippen molar-refractivity contribution in [2.24, 2.45) is 0 Å². The van der Waals surface area contributed by atoms with Gasteiger partial charge in [-0.25, -0.2) is 8.78 Å². The molecule has 2 rings (SSSR count). The van der Waals surface area contributed by atoms with Gasteiger partial charge < -0.3 is 9.73 Å². The third kappa shape index (κ3) is 4.09. The molecule has 0 aliphatic heterocycles. The first kappa shape index (κ1) is 14.6. The molecule has 0 bridgehead atoms. The lowest BCUT2D eigenvalue weighted by Crippen LogP contribution is -2.37. The van der Waals surface area contributed by atoms with Gasteiger partial charge in [0.15, 0.2) is 0 Å². The molecule has 1 aromatic carbocycles. The van der Waals surface area contributed by atoms with E-state index in [4.69, 9.17) is 4.42 Å². The maximum absolute atomic E-state index is 13.1. The van der Waals surface area contributed by atoms with Crippen LogP contribution in [0.2, 0.25) is 0 Å². The van der Waals surface area contributed by atoms with E-state index in [1.54, 1.807) is 0 Å². The van der Waals surface area contributed by atoms with Gasteiger partial charge in [0, 0.05) is 30.1 Å². The Hall–Kier alpha value is -1.82. The number of hydrogen-bond acceptors (Lipinski definition) is 4. The van der Waals surface area contributed by atoms with E-state index < -0.39 is 11.6 Å². The first-order valence-corrected chi connectivity index (χ1v) is 6.37. The second-order valence-electron chi connectivity index (χ2n) is 5.59. The number of benzene rings is 1. The second kappa shape index (κ2) is 5.66. The summed E-state index contributed by atoms with van der Waals surface area (Å²) >= 11 is 0. The summed E-state index contributed by atoms with van der Waals surface area (Å²) in [6.07, 6.45) is 0.558. The van der Waals surface area contributed by atoms with E-state index in [1.807, 2.05) is 0 Å². The van der Waals surface area contributed by atoms with Crippen molar-refractivity contribution >= 4 is 0 Å². The minimum absolute atomic E-state index is 0.00847. The number of hydrogen-bond donors (Lipinski definition) is 1. The van der Waals surface area contributed by atoms with Crippen LogP contribution >= 0.6 is 0 Å². The molecule has 0 spiro atoms. The molecule has 0 aliphatic rings. The van der Waals surface area contributed by atoms with Crippen molar-refractivity contribution in [3.05, 3.63) is 35.7 Å². The van der Waals surface area contributed by atoms with Crippen LogP contribution in [0.15, 0.2) is 22.6 Å². The number of rotatable bonds is 4. The molecular formula is C14H17F2N3O. The Bertz CT molecular complexity index is 570. The molecule has 0 aliphatic carbocycles. The van der Waals surface area contributed by atoms with Crippen LogP contribution < -0.4 is 5.32 Å². The van der Waals surface area contributed by atoms with Gasteiger partial charge in [0.2, 0.25) is 11.8 Å². The molecule has 1 N–H and O–H groups in total. The molecular weight excluding hydrogens is 264 g/mol. The zero-order valence-corrected chi connectivity index (χ0v) is 11.7. The minimum Gasteiger partial charge on any atom is -0.421 e. The average molecular weight is 281 g/mol. The van der Waals surface area contributed by atoms with Gasteiger partial charge in [0.1, 0.15) is 11.6 Å². The summed E-state index contributed by atoms with van der Waals surface area (Å²) in [6.45, 7) is 6.86. The summed E-state index contributed by atoms with van der Waals surface area (Å²) in [5.74, 6) is -0.793. The Morgan fingerprint density at radius 3 is 2.35 bits per heavy atom. The smallest absolute Gasteiger partial charge is 0.247 e. The third-order valence-corrected chi connectivity index (χ3v) is 2.57. The molecule has 0 radical (unpaired) electrons. The quantitative estimate of drug-likeness (QED) is 0.936. The molecule has 2 aromatic rings. The van der Waals surface area contributed by atoms with Crippen LogP contribution in [0.3, 0.4) is 0 Å². The summed E-state index contributed by atoms with van der Waals surface area (Å²) in [4.78, 5) is 0.